The topological polar surface area (TPSA) is 59.6 Å². The summed E-state index contributed by atoms with van der Waals surface area (Å²) in [6.07, 6.45) is 7.65. The van der Waals surface area contributed by atoms with Crippen LogP contribution < -0.4 is 10.0 Å². The number of carbonyl (C=O) groups is 1. The molecule has 28 heavy (non-hydrogen) atoms. The summed E-state index contributed by atoms with van der Waals surface area (Å²) in [7, 11) is 0. The van der Waals surface area contributed by atoms with Gasteiger partial charge in [-0.15, -0.1) is 11.6 Å². The monoisotopic (exact) mass is 436 g/mol. The van der Waals surface area contributed by atoms with E-state index in [1.807, 2.05) is 0 Å². The second kappa shape index (κ2) is 13.8. The number of alkyl halides is 2. The van der Waals surface area contributed by atoms with Crippen LogP contribution in [0.1, 0.15) is 57.8 Å². The third kappa shape index (κ3) is 9.92. The summed E-state index contributed by atoms with van der Waals surface area (Å²) >= 11 is 7.48. The molecule has 2 fully saturated rings. The Hall–Kier alpha value is -0.340. The van der Waals surface area contributed by atoms with Gasteiger partial charge in [0.1, 0.15) is 12.8 Å². The lowest BCUT2D eigenvalue weighted by atomic mass is 9.95. The molecule has 2 aliphatic carbocycles. The average molecular weight is 437 g/mol. The summed E-state index contributed by atoms with van der Waals surface area (Å²) in [4.78, 5) is 11.9. The normalized spacial score (nSPS) is 26.1. The lowest BCUT2D eigenvalue weighted by Gasteiger charge is -2.28. The summed E-state index contributed by atoms with van der Waals surface area (Å²) < 4.78 is 28.2. The zero-order valence-corrected chi connectivity index (χ0v) is 18.2. The van der Waals surface area contributed by atoms with Gasteiger partial charge in [0.25, 0.3) is 0 Å². The van der Waals surface area contributed by atoms with Gasteiger partial charge in [-0.1, -0.05) is 37.8 Å². The van der Waals surface area contributed by atoms with Gasteiger partial charge < -0.3 is 14.8 Å². The van der Waals surface area contributed by atoms with Crippen LogP contribution in [0.5, 0.6) is 0 Å². The smallest absolute Gasteiger partial charge is 0.250 e. The molecule has 8 heteroatoms. The number of carbonyl (C=O) groups excluding carboxylic acids is 1. The molecule has 3 unspecified atom stereocenters. The van der Waals surface area contributed by atoms with E-state index in [-0.39, 0.29) is 25.0 Å². The molecule has 3 atom stereocenters. The first kappa shape index (κ1) is 23.9. The number of rotatable bonds is 12. The number of ether oxygens (including phenoxy) is 2. The van der Waals surface area contributed by atoms with E-state index in [0.717, 1.165) is 18.9 Å². The van der Waals surface area contributed by atoms with E-state index in [4.69, 9.17) is 21.1 Å². The number of amides is 1. The van der Waals surface area contributed by atoms with Gasteiger partial charge in [-0.3, -0.25) is 9.52 Å². The largest absolute Gasteiger partial charge is 0.377 e. The van der Waals surface area contributed by atoms with Crippen molar-refractivity contribution in [2.24, 2.45) is 0 Å². The number of nitrogens with one attached hydrogen (secondary N) is 2. The Labute approximate surface area is 177 Å². The Kier molecular flexibility index (Phi) is 11.8. The number of hydrogen-bond donors (Lipinski definition) is 2. The molecule has 2 aliphatic rings. The number of hydrogen-bond acceptors (Lipinski definition) is 5. The van der Waals surface area contributed by atoms with Crippen molar-refractivity contribution < 1.29 is 18.7 Å². The van der Waals surface area contributed by atoms with Crippen LogP contribution in [0.25, 0.3) is 0 Å². The van der Waals surface area contributed by atoms with Crippen LogP contribution in [0.2, 0.25) is 0 Å². The van der Waals surface area contributed by atoms with Gasteiger partial charge in [0.2, 0.25) is 5.91 Å². The lowest BCUT2D eigenvalue weighted by molar-refractivity contribution is -0.128. The quantitative estimate of drug-likeness (QED) is 0.274. The molecule has 162 valence electrons. The Balaban J connectivity index is 1.42. The van der Waals surface area contributed by atoms with Crippen molar-refractivity contribution in [3.05, 3.63) is 12.3 Å². The SMILES string of the molecule is C=C(CCNSCCOC1CCCCC1)NC(=O)COC1CCC(Cl)C(F)C1. The van der Waals surface area contributed by atoms with Gasteiger partial charge in [0, 0.05) is 30.8 Å². The van der Waals surface area contributed by atoms with Crippen molar-refractivity contribution in [1.29, 1.82) is 0 Å². The molecule has 0 spiro atoms. The third-order valence-corrected chi connectivity index (χ3v) is 6.40. The molecule has 5 nitrogen and oxygen atoms in total. The first-order valence-corrected chi connectivity index (χ1v) is 11.8. The van der Waals surface area contributed by atoms with Crippen molar-refractivity contribution in [2.45, 2.75) is 81.5 Å². The molecule has 1 amide bonds. The van der Waals surface area contributed by atoms with Crippen LogP contribution in [-0.2, 0) is 14.3 Å². The van der Waals surface area contributed by atoms with Gasteiger partial charge in [-0.2, -0.15) is 0 Å². The highest BCUT2D eigenvalue weighted by Crippen LogP contribution is 2.27. The molecule has 2 rings (SSSR count). The Morgan fingerprint density at radius 3 is 2.68 bits per heavy atom. The summed E-state index contributed by atoms with van der Waals surface area (Å²) in [5.74, 6) is 0.658. The van der Waals surface area contributed by atoms with Crippen LogP contribution in [0.3, 0.4) is 0 Å². The number of halogens is 2. The van der Waals surface area contributed by atoms with E-state index >= 15 is 0 Å². The molecule has 0 aromatic heterocycles. The van der Waals surface area contributed by atoms with E-state index in [0.29, 0.717) is 31.1 Å². The van der Waals surface area contributed by atoms with Gasteiger partial charge in [0.15, 0.2) is 0 Å². The Morgan fingerprint density at radius 2 is 1.93 bits per heavy atom. The van der Waals surface area contributed by atoms with Crippen LogP contribution in [0, 0.1) is 0 Å². The molecular formula is C20H34ClFN2O3S. The first-order chi connectivity index (χ1) is 13.5. The minimum atomic E-state index is -1.06. The molecule has 0 aliphatic heterocycles. The standard InChI is InChI=1S/C20H34ClFN2O3S/c1-15(9-10-23-28-12-11-26-16-5-3-2-4-6-16)24-20(25)14-27-17-7-8-18(21)19(22)13-17/h16-19,23H,1-14H2,(H,24,25). The molecular weight excluding hydrogens is 403 g/mol. The highest BCUT2D eigenvalue weighted by Gasteiger charge is 2.29. The van der Waals surface area contributed by atoms with Crippen LogP contribution in [0.4, 0.5) is 4.39 Å². The van der Waals surface area contributed by atoms with Crippen molar-refractivity contribution in [1.82, 2.24) is 10.0 Å². The molecule has 0 heterocycles. The molecule has 0 radical (unpaired) electrons. The lowest BCUT2D eigenvalue weighted by Crippen LogP contribution is -2.35. The molecule has 2 saturated carbocycles. The molecule has 0 aromatic rings. The highest BCUT2D eigenvalue weighted by atomic mass is 35.5. The molecule has 0 saturated heterocycles. The van der Waals surface area contributed by atoms with E-state index in [2.05, 4.69) is 16.6 Å². The van der Waals surface area contributed by atoms with Crippen LogP contribution >= 0.6 is 23.5 Å². The Bertz CT molecular complexity index is 480. The van der Waals surface area contributed by atoms with Gasteiger partial charge >= 0.3 is 0 Å². The van der Waals surface area contributed by atoms with Crippen molar-refractivity contribution >= 4 is 29.5 Å². The minimum Gasteiger partial charge on any atom is -0.377 e. The minimum absolute atomic E-state index is 0.0793. The third-order valence-electron chi connectivity index (χ3n) is 5.13. The van der Waals surface area contributed by atoms with Gasteiger partial charge in [0.05, 0.1) is 24.2 Å². The highest BCUT2D eigenvalue weighted by molar-refractivity contribution is 7.97. The van der Waals surface area contributed by atoms with Gasteiger partial charge in [-0.05, 0) is 25.7 Å². The molecule has 2 N–H and O–H groups in total. The average Bonchev–Trinajstić information content (AvgIpc) is 2.69. The fourth-order valence-electron chi connectivity index (χ4n) is 3.52. The van der Waals surface area contributed by atoms with Gasteiger partial charge in [-0.25, -0.2) is 4.39 Å². The maximum absolute atomic E-state index is 13.6. The summed E-state index contributed by atoms with van der Waals surface area (Å²) in [5.41, 5.74) is 0.646. The zero-order chi connectivity index (χ0) is 20.2. The Morgan fingerprint density at radius 1 is 1.14 bits per heavy atom. The van der Waals surface area contributed by atoms with E-state index in [1.54, 1.807) is 11.9 Å². The summed E-state index contributed by atoms with van der Waals surface area (Å²) in [5, 5.41) is 2.30. The van der Waals surface area contributed by atoms with Crippen LogP contribution in [0.15, 0.2) is 12.3 Å². The van der Waals surface area contributed by atoms with E-state index < -0.39 is 11.5 Å². The summed E-state index contributed by atoms with van der Waals surface area (Å²) in [6.45, 7) is 5.27. The molecule has 0 aromatic carbocycles. The first-order valence-electron chi connectivity index (χ1n) is 10.4. The van der Waals surface area contributed by atoms with Crippen LogP contribution in [-0.4, -0.2) is 55.2 Å². The second-order valence-electron chi connectivity index (χ2n) is 7.55. The summed E-state index contributed by atoms with van der Waals surface area (Å²) in [6, 6.07) is 0. The van der Waals surface area contributed by atoms with Crippen molar-refractivity contribution in [3.63, 3.8) is 0 Å². The molecule has 0 bridgehead atoms. The fourth-order valence-corrected chi connectivity index (χ4v) is 4.32. The van der Waals surface area contributed by atoms with Crippen molar-refractivity contribution in [2.75, 3.05) is 25.5 Å². The fraction of sp³-hybridized carbons (Fsp3) is 0.850. The predicted octanol–water partition coefficient (Wildman–Crippen LogP) is 4.11. The van der Waals surface area contributed by atoms with Crippen molar-refractivity contribution in [3.8, 4) is 0 Å². The maximum Gasteiger partial charge on any atom is 0.250 e. The van der Waals surface area contributed by atoms with E-state index in [1.165, 1.54) is 32.1 Å². The van der Waals surface area contributed by atoms with E-state index in [9.17, 15) is 9.18 Å². The predicted molar refractivity (Wildman–Crippen MR) is 113 cm³/mol. The maximum atomic E-state index is 13.6. The zero-order valence-electron chi connectivity index (χ0n) is 16.6. The second-order valence-corrected chi connectivity index (χ2v) is 9.10.